The molecule has 0 unspecified atom stereocenters. The van der Waals surface area contributed by atoms with Gasteiger partial charge in [-0.1, -0.05) is 28.1 Å². The first-order chi connectivity index (χ1) is 12.8. The summed E-state index contributed by atoms with van der Waals surface area (Å²) >= 11 is 5.49. The number of rotatable bonds is 7. The number of carbonyl (C=O) groups is 2. The molecule has 2 aromatic carbocycles. The van der Waals surface area contributed by atoms with Gasteiger partial charge in [0.1, 0.15) is 12.3 Å². The molecule has 0 aromatic heterocycles. The molecule has 6 nitrogen and oxygen atoms in total. The molecule has 0 spiro atoms. The van der Waals surface area contributed by atoms with E-state index in [0.717, 1.165) is 13.6 Å². The molecular weight excluding hydrogens is 529 g/mol. The van der Waals surface area contributed by atoms with Crippen LogP contribution in [0.25, 0.3) is 6.08 Å². The summed E-state index contributed by atoms with van der Waals surface area (Å²) in [7, 11) is 1.51. The van der Waals surface area contributed by atoms with E-state index in [9.17, 15) is 14.7 Å². The Hall–Kier alpha value is -2.07. The summed E-state index contributed by atoms with van der Waals surface area (Å²) in [5.41, 5.74) is 1.35. The summed E-state index contributed by atoms with van der Waals surface area (Å²) < 4.78 is 13.0. The van der Waals surface area contributed by atoms with Gasteiger partial charge in [0.15, 0.2) is 11.5 Å². The minimum absolute atomic E-state index is 0.219. The Morgan fingerprint density at radius 3 is 2.48 bits per heavy atom. The molecule has 1 amide bonds. The van der Waals surface area contributed by atoms with E-state index >= 15 is 0 Å². The van der Waals surface area contributed by atoms with Gasteiger partial charge in [0.25, 0.3) is 0 Å². The lowest BCUT2D eigenvalue weighted by Gasteiger charge is -2.14. The van der Waals surface area contributed by atoms with Crippen molar-refractivity contribution in [1.82, 2.24) is 5.32 Å². The number of methoxy groups -OCH3 is 1. The van der Waals surface area contributed by atoms with Gasteiger partial charge in [-0.25, -0.2) is 4.79 Å². The van der Waals surface area contributed by atoms with Crippen LogP contribution in [-0.2, 0) is 16.2 Å². The number of aliphatic carboxylic acids is 1. The van der Waals surface area contributed by atoms with Crippen LogP contribution in [0.1, 0.15) is 18.1 Å². The van der Waals surface area contributed by atoms with Crippen LogP contribution in [0.15, 0.2) is 46.6 Å². The quantitative estimate of drug-likeness (QED) is 0.402. The van der Waals surface area contributed by atoms with E-state index in [4.69, 9.17) is 9.47 Å². The fourth-order valence-corrected chi connectivity index (χ4v) is 3.25. The number of amides is 1. The average molecular weight is 546 g/mol. The van der Waals surface area contributed by atoms with Gasteiger partial charge in [-0.15, -0.1) is 0 Å². The highest BCUT2D eigenvalue weighted by Gasteiger charge is 2.14. The monoisotopic (exact) mass is 545 g/mol. The maximum Gasteiger partial charge on any atom is 0.352 e. The molecule has 142 valence electrons. The van der Waals surface area contributed by atoms with Crippen molar-refractivity contribution in [1.29, 1.82) is 0 Å². The van der Waals surface area contributed by atoms with Gasteiger partial charge in [-0.3, -0.25) is 4.79 Å². The lowest BCUT2D eigenvalue weighted by molar-refractivity contribution is -0.134. The van der Waals surface area contributed by atoms with Crippen molar-refractivity contribution in [2.24, 2.45) is 0 Å². The number of hydrogen-bond donors (Lipinski definition) is 2. The van der Waals surface area contributed by atoms with Crippen molar-refractivity contribution < 1.29 is 24.2 Å². The molecule has 27 heavy (non-hydrogen) atoms. The zero-order valence-corrected chi connectivity index (χ0v) is 18.3. The minimum Gasteiger partial charge on any atom is -0.493 e. The first-order valence-corrected chi connectivity index (χ1v) is 9.64. The molecule has 0 saturated heterocycles. The Bertz CT molecular complexity index is 880. The van der Waals surface area contributed by atoms with E-state index < -0.39 is 11.9 Å². The molecule has 2 N–H and O–H groups in total. The Kier molecular flexibility index (Phi) is 7.66. The highest BCUT2D eigenvalue weighted by atomic mass is 127. The molecule has 0 radical (unpaired) electrons. The van der Waals surface area contributed by atoms with Gasteiger partial charge >= 0.3 is 5.97 Å². The van der Waals surface area contributed by atoms with Crippen LogP contribution in [0, 0.1) is 3.57 Å². The molecule has 0 aliphatic carbocycles. The van der Waals surface area contributed by atoms with E-state index in [1.807, 2.05) is 24.3 Å². The molecule has 2 aromatic rings. The van der Waals surface area contributed by atoms with Crippen molar-refractivity contribution >= 4 is 56.5 Å². The van der Waals surface area contributed by atoms with Crippen molar-refractivity contribution in [3.63, 3.8) is 0 Å². The predicted octanol–water partition coefficient (Wildman–Crippen LogP) is 4.20. The molecule has 0 saturated carbocycles. The van der Waals surface area contributed by atoms with Crippen molar-refractivity contribution in [2.45, 2.75) is 13.5 Å². The molecule has 0 fully saturated rings. The molecule has 0 atom stereocenters. The normalized spacial score (nSPS) is 11.0. The zero-order valence-electron chi connectivity index (χ0n) is 14.6. The first-order valence-electron chi connectivity index (χ1n) is 7.77. The molecule has 8 heteroatoms. The Labute approximate surface area is 178 Å². The van der Waals surface area contributed by atoms with Crippen LogP contribution in [0.5, 0.6) is 11.5 Å². The second kappa shape index (κ2) is 9.75. The smallest absolute Gasteiger partial charge is 0.352 e. The van der Waals surface area contributed by atoms with Gasteiger partial charge in [0, 0.05) is 11.4 Å². The van der Waals surface area contributed by atoms with Crippen LogP contribution < -0.4 is 14.8 Å². The van der Waals surface area contributed by atoms with Crippen LogP contribution >= 0.6 is 38.5 Å². The van der Waals surface area contributed by atoms with E-state index in [0.29, 0.717) is 23.7 Å². The maximum absolute atomic E-state index is 11.3. The van der Waals surface area contributed by atoms with Crippen LogP contribution in [0.4, 0.5) is 0 Å². The highest BCUT2D eigenvalue weighted by molar-refractivity contribution is 14.1. The zero-order chi connectivity index (χ0) is 20.0. The highest BCUT2D eigenvalue weighted by Crippen LogP contribution is 2.35. The van der Waals surface area contributed by atoms with Gasteiger partial charge in [-0.05, 0) is 64.1 Å². The summed E-state index contributed by atoms with van der Waals surface area (Å²) in [6.07, 6.45) is 1.37. The average Bonchev–Trinajstić information content (AvgIpc) is 2.60. The Balaban J connectivity index is 2.29. The fraction of sp³-hybridized carbons (Fsp3) is 0.158. The Morgan fingerprint density at radius 1 is 1.26 bits per heavy atom. The van der Waals surface area contributed by atoms with E-state index in [2.05, 4.69) is 43.8 Å². The van der Waals surface area contributed by atoms with Crippen LogP contribution in [-0.4, -0.2) is 24.1 Å². The van der Waals surface area contributed by atoms with Crippen LogP contribution in [0.3, 0.4) is 0 Å². The number of hydrogen-bond acceptors (Lipinski definition) is 4. The maximum atomic E-state index is 11.3. The molecule has 0 bridgehead atoms. The number of carbonyl (C=O) groups excluding carboxylic acids is 1. The van der Waals surface area contributed by atoms with Gasteiger partial charge in [0.05, 0.1) is 10.7 Å². The summed E-state index contributed by atoms with van der Waals surface area (Å²) in [6.45, 7) is 1.61. The third-order valence-corrected chi connectivity index (χ3v) is 4.73. The molecule has 0 aliphatic heterocycles. The van der Waals surface area contributed by atoms with Crippen LogP contribution in [0.2, 0.25) is 0 Å². The second-order valence-electron chi connectivity index (χ2n) is 5.49. The summed E-state index contributed by atoms with van der Waals surface area (Å²) in [5.74, 6) is -0.651. The number of carboxylic acids is 1. The number of benzene rings is 2. The number of ether oxygens (including phenoxy) is 2. The summed E-state index contributed by atoms with van der Waals surface area (Å²) in [5, 5.41) is 11.5. The van der Waals surface area contributed by atoms with E-state index in [1.54, 1.807) is 12.1 Å². The third-order valence-electron chi connectivity index (χ3n) is 3.40. The lowest BCUT2D eigenvalue weighted by atomic mass is 10.1. The SMILES string of the molecule is COc1cc(/C=C(/NC(C)=O)C(=O)O)cc(I)c1OCc1ccc(Br)cc1. The number of nitrogens with one attached hydrogen (secondary N) is 1. The van der Waals surface area contributed by atoms with Crippen molar-refractivity contribution in [2.75, 3.05) is 7.11 Å². The Morgan fingerprint density at radius 2 is 1.93 bits per heavy atom. The van der Waals surface area contributed by atoms with E-state index in [1.165, 1.54) is 20.1 Å². The minimum atomic E-state index is -1.23. The summed E-state index contributed by atoms with van der Waals surface area (Å²) in [4.78, 5) is 22.5. The van der Waals surface area contributed by atoms with Gasteiger partial charge in [0.2, 0.25) is 5.91 Å². The fourth-order valence-electron chi connectivity index (χ4n) is 2.21. The predicted molar refractivity (Wildman–Crippen MR) is 114 cm³/mol. The molecule has 0 aliphatic rings. The third kappa shape index (κ3) is 6.24. The van der Waals surface area contributed by atoms with Gasteiger partial charge in [-0.2, -0.15) is 0 Å². The molecule has 0 heterocycles. The lowest BCUT2D eigenvalue weighted by Crippen LogP contribution is -2.24. The second-order valence-corrected chi connectivity index (χ2v) is 7.57. The number of carboxylic acid groups (broad SMARTS) is 1. The number of halogens is 2. The van der Waals surface area contributed by atoms with E-state index in [-0.39, 0.29) is 5.70 Å². The standard InChI is InChI=1S/C19H17BrINO5/c1-11(23)22-16(19(24)25)8-13-7-15(21)18(17(9-13)26-2)27-10-12-3-5-14(20)6-4-12/h3-9H,10H2,1-2H3,(H,22,23)(H,24,25)/b16-8+. The van der Waals surface area contributed by atoms with Crippen molar-refractivity contribution in [3.8, 4) is 11.5 Å². The first kappa shape index (κ1) is 21.2. The largest absolute Gasteiger partial charge is 0.493 e. The molecule has 2 rings (SSSR count). The van der Waals surface area contributed by atoms with Gasteiger partial charge < -0.3 is 19.9 Å². The van der Waals surface area contributed by atoms with Crippen molar-refractivity contribution in [3.05, 3.63) is 61.3 Å². The topological polar surface area (TPSA) is 84.9 Å². The molecular formula is C19H17BrINO5. The summed E-state index contributed by atoms with van der Waals surface area (Å²) in [6, 6.07) is 11.2.